The van der Waals surface area contributed by atoms with Crippen LogP contribution in [0, 0.1) is 6.92 Å². The summed E-state index contributed by atoms with van der Waals surface area (Å²) in [6.07, 6.45) is 0.963. The molecular weight excluding hydrogens is 470 g/mol. The quantitative estimate of drug-likeness (QED) is 0.232. The van der Waals surface area contributed by atoms with Crippen LogP contribution in [-0.2, 0) is 11.8 Å². The van der Waals surface area contributed by atoms with Crippen LogP contribution in [-0.4, -0.2) is 4.98 Å². The number of nitrogens with zero attached hydrogens (tertiary/aromatic N) is 1. The second-order valence-corrected chi connectivity index (χ2v) is 10.8. The summed E-state index contributed by atoms with van der Waals surface area (Å²) in [6.45, 7) is 2.10. The molecule has 184 valence electrons. The summed E-state index contributed by atoms with van der Waals surface area (Å²) in [7, 11) is 0. The van der Waals surface area contributed by atoms with Crippen LogP contribution in [0.2, 0.25) is 0 Å². The summed E-state index contributed by atoms with van der Waals surface area (Å²) in [5.74, 6) is 0. The van der Waals surface area contributed by atoms with Crippen molar-refractivity contribution in [2.75, 3.05) is 0 Å². The van der Waals surface area contributed by atoms with Crippen molar-refractivity contribution >= 4 is 0 Å². The Morgan fingerprint density at radius 3 is 1.85 bits per heavy atom. The Morgan fingerprint density at radius 2 is 1.10 bits per heavy atom. The van der Waals surface area contributed by atoms with Gasteiger partial charge in [-0.2, -0.15) is 0 Å². The summed E-state index contributed by atoms with van der Waals surface area (Å²) in [5, 5.41) is 0. The SMILES string of the molecule is Cc1cc(-c2ccccc2)cc(-c2cccc3c2-c2ccccc2C32c3ccccc3Cc3ccccc32)n1. The predicted molar refractivity (Wildman–Crippen MR) is 160 cm³/mol. The molecule has 2 aliphatic rings. The van der Waals surface area contributed by atoms with E-state index in [1.54, 1.807) is 0 Å². The average molecular weight is 498 g/mol. The lowest BCUT2D eigenvalue weighted by molar-refractivity contribution is 0.722. The lowest BCUT2D eigenvalue weighted by Crippen LogP contribution is -2.34. The number of rotatable bonds is 2. The van der Waals surface area contributed by atoms with Gasteiger partial charge in [0.15, 0.2) is 0 Å². The Bertz CT molecular complexity index is 1850. The van der Waals surface area contributed by atoms with Crippen LogP contribution < -0.4 is 0 Å². The molecule has 1 heterocycles. The molecule has 1 aromatic heterocycles. The Hall–Kier alpha value is -4.75. The largest absolute Gasteiger partial charge is 0.253 e. The van der Waals surface area contributed by atoms with Gasteiger partial charge in [0, 0.05) is 11.3 Å². The minimum absolute atomic E-state index is 0.348. The lowest BCUT2D eigenvalue weighted by atomic mass is 9.61. The average Bonchev–Trinajstić information content (AvgIpc) is 3.29. The van der Waals surface area contributed by atoms with E-state index in [2.05, 4.69) is 140 Å². The lowest BCUT2D eigenvalue weighted by Gasteiger charge is -2.40. The number of aryl methyl sites for hydroxylation is 1. The zero-order valence-electron chi connectivity index (χ0n) is 21.9. The maximum Gasteiger partial charge on any atom is 0.0719 e. The van der Waals surface area contributed by atoms with E-state index >= 15 is 0 Å². The topological polar surface area (TPSA) is 12.9 Å². The standard InChI is InChI=1S/C38H27N/c1-25-22-29(26-12-3-2-4-13-26)24-36(39-25)31-17-11-21-35-37(31)30-16-7-10-20-34(30)38(35)32-18-8-5-14-27(32)23-28-15-6-9-19-33(28)38/h2-22,24H,23H2,1H3. The van der Waals surface area contributed by atoms with Crippen molar-refractivity contribution < 1.29 is 0 Å². The van der Waals surface area contributed by atoms with Crippen LogP contribution in [0.25, 0.3) is 33.5 Å². The molecule has 0 fully saturated rings. The number of fused-ring (bicyclic) bond motifs is 9. The van der Waals surface area contributed by atoms with Gasteiger partial charge in [0.2, 0.25) is 0 Å². The van der Waals surface area contributed by atoms with Crippen LogP contribution in [0.3, 0.4) is 0 Å². The highest BCUT2D eigenvalue weighted by molar-refractivity contribution is 5.96. The van der Waals surface area contributed by atoms with Gasteiger partial charge < -0.3 is 0 Å². The molecule has 0 saturated heterocycles. The van der Waals surface area contributed by atoms with Crippen molar-refractivity contribution in [2.45, 2.75) is 18.8 Å². The molecule has 0 amide bonds. The summed E-state index contributed by atoms with van der Waals surface area (Å²) < 4.78 is 0. The van der Waals surface area contributed by atoms with Gasteiger partial charge in [0.25, 0.3) is 0 Å². The van der Waals surface area contributed by atoms with Gasteiger partial charge in [-0.3, -0.25) is 4.98 Å². The molecular formula is C38H27N. The molecule has 0 N–H and O–H groups in total. The molecule has 0 saturated carbocycles. The van der Waals surface area contributed by atoms with Crippen LogP contribution in [0.15, 0.2) is 133 Å². The second-order valence-electron chi connectivity index (χ2n) is 10.8. The Morgan fingerprint density at radius 1 is 0.513 bits per heavy atom. The molecule has 5 aromatic carbocycles. The molecule has 0 atom stereocenters. The summed E-state index contributed by atoms with van der Waals surface area (Å²) >= 11 is 0. The highest BCUT2D eigenvalue weighted by Crippen LogP contribution is 2.60. The van der Waals surface area contributed by atoms with Gasteiger partial charge in [-0.05, 0) is 81.1 Å². The summed E-state index contributed by atoms with van der Waals surface area (Å²) in [4.78, 5) is 5.10. The van der Waals surface area contributed by atoms with Gasteiger partial charge in [-0.1, -0.05) is 121 Å². The van der Waals surface area contributed by atoms with Crippen molar-refractivity contribution in [3.05, 3.63) is 173 Å². The van der Waals surface area contributed by atoms with E-state index in [4.69, 9.17) is 4.98 Å². The molecule has 39 heavy (non-hydrogen) atoms. The number of aromatic nitrogens is 1. The summed E-state index contributed by atoms with van der Waals surface area (Å²) in [6, 6.07) is 49.0. The summed E-state index contributed by atoms with van der Waals surface area (Å²) in [5.41, 5.74) is 16.2. The molecule has 1 nitrogen and oxygen atoms in total. The minimum Gasteiger partial charge on any atom is -0.253 e. The molecule has 0 aliphatic heterocycles. The van der Waals surface area contributed by atoms with E-state index < -0.39 is 0 Å². The third-order valence-electron chi connectivity index (χ3n) is 8.63. The maximum absolute atomic E-state index is 5.10. The fraction of sp³-hybridized carbons (Fsp3) is 0.0789. The Kier molecular flexibility index (Phi) is 4.78. The maximum atomic E-state index is 5.10. The first-order chi connectivity index (χ1) is 19.2. The minimum atomic E-state index is -0.348. The number of pyridine rings is 1. The molecule has 1 spiro atoms. The van der Waals surface area contributed by atoms with E-state index in [-0.39, 0.29) is 5.41 Å². The molecule has 2 aliphatic carbocycles. The highest BCUT2D eigenvalue weighted by Gasteiger charge is 2.50. The third-order valence-corrected chi connectivity index (χ3v) is 8.63. The van der Waals surface area contributed by atoms with Crippen LogP contribution in [0.4, 0.5) is 0 Å². The van der Waals surface area contributed by atoms with Crippen molar-refractivity contribution in [1.29, 1.82) is 0 Å². The second kappa shape index (κ2) is 8.38. The van der Waals surface area contributed by atoms with Gasteiger partial charge in [-0.15, -0.1) is 0 Å². The molecule has 0 radical (unpaired) electrons. The Labute approximate surface area is 229 Å². The van der Waals surface area contributed by atoms with E-state index in [1.165, 1.54) is 61.2 Å². The van der Waals surface area contributed by atoms with Gasteiger partial charge in [-0.25, -0.2) is 0 Å². The van der Waals surface area contributed by atoms with Gasteiger partial charge in [0.1, 0.15) is 0 Å². The van der Waals surface area contributed by atoms with Crippen molar-refractivity contribution in [2.24, 2.45) is 0 Å². The number of hydrogen-bond acceptors (Lipinski definition) is 1. The van der Waals surface area contributed by atoms with Crippen molar-refractivity contribution in [3.63, 3.8) is 0 Å². The zero-order valence-corrected chi connectivity index (χ0v) is 21.9. The third kappa shape index (κ3) is 3.11. The molecule has 0 bridgehead atoms. The van der Waals surface area contributed by atoms with Crippen LogP contribution in [0.5, 0.6) is 0 Å². The van der Waals surface area contributed by atoms with E-state index in [1.807, 2.05) is 0 Å². The van der Waals surface area contributed by atoms with Gasteiger partial charge >= 0.3 is 0 Å². The molecule has 6 aromatic rings. The number of hydrogen-bond donors (Lipinski definition) is 0. The fourth-order valence-corrected chi connectivity index (χ4v) is 7.16. The first kappa shape index (κ1) is 22.3. The van der Waals surface area contributed by atoms with Crippen molar-refractivity contribution in [1.82, 2.24) is 4.98 Å². The monoisotopic (exact) mass is 497 g/mol. The highest BCUT2D eigenvalue weighted by atomic mass is 14.7. The van der Waals surface area contributed by atoms with Crippen LogP contribution >= 0.6 is 0 Å². The smallest absolute Gasteiger partial charge is 0.0719 e. The normalized spacial score (nSPS) is 13.9. The van der Waals surface area contributed by atoms with E-state index in [9.17, 15) is 0 Å². The fourth-order valence-electron chi connectivity index (χ4n) is 7.16. The molecule has 8 rings (SSSR count). The van der Waals surface area contributed by atoms with E-state index in [0.717, 1.165) is 17.8 Å². The number of benzene rings is 5. The first-order valence-electron chi connectivity index (χ1n) is 13.7. The molecule has 1 heteroatoms. The molecule has 0 unspecified atom stereocenters. The van der Waals surface area contributed by atoms with Crippen LogP contribution in [0.1, 0.15) is 39.1 Å². The van der Waals surface area contributed by atoms with E-state index in [0.29, 0.717) is 0 Å². The Balaban J connectivity index is 1.47. The first-order valence-corrected chi connectivity index (χ1v) is 13.7. The van der Waals surface area contributed by atoms with Gasteiger partial charge in [0.05, 0.1) is 11.1 Å². The zero-order chi connectivity index (χ0) is 26.0. The predicted octanol–water partition coefficient (Wildman–Crippen LogP) is 8.99. The van der Waals surface area contributed by atoms with Crippen molar-refractivity contribution in [3.8, 4) is 33.5 Å².